The fourth-order valence-corrected chi connectivity index (χ4v) is 3.72. The topological polar surface area (TPSA) is 100 Å². The summed E-state index contributed by atoms with van der Waals surface area (Å²) in [5, 5.41) is 3.08. The van der Waals surface area contributed by atoms with Crippen molar-refractivity contribution in [1.82, 2.24) is 5.32 Å². The first-order valence-corrected chi connectivity index (χ1v) is 10.6. The van der Waals surface area contributed by atoms with Gasteiger partial charge >= 0.3 is 0 Å². The predicted molar refractivity (Wildman–Crippen MR) is 127 cm³/mol. The molecule has 0 aliphatic heterocycles. The highest BCUT2D eigenvalue weighted by atomic mass is 16.5. The minimum atomic E-state index is -0.408. The van der Waals surface area contributed by atoms with Crippen molar-refractivity contribution in [2.75, 3.05) is 20.8 Å². The quantitative estimate of drug-likeness (QED) is 0.414. The molecule has 4 aromatic rings. The van der Waals surface area contributed by atoms with E-state index in [1.807, 2.05) is 19.9 Å². The molecule has 4 rings (SSSR count). The lowest BCUT2D eigenvalue weighted by molar-refractivity contribution is -0.123. The van der Waals surface area contributed by atoms with Crippen LogP contribution >= 0.6 is 0 Å². The van der Waals surface area contributed by atoms with Crippen molar-refractivity contribution in [3.8, 4) is 28.6 Å². The van der Waals surface area contributed by atoms with Gasteiger partial charge in [-0.15, -0.1) is 0 Å². The molecule has 2 aromatic carbocycles. The van der Waals surface area contributed by atoms with Crippen LogP contribution in [0, 0.1) is 13.8 Å². The number of aryl methyl sites for hydroxylation is 2. The Morgan fingerprint density at radius 1 is 1.03 bits per heavy atom. The molecule has 0 saturated carbocycles. The molecule has 0 atom stereocenters. The Labute approximate surface area is 196 Å². The summed E-state index contributed by atoms with van der Waals surface area (Å²) in [6, 6.07) is 12.3. The lowest BCUT2D eigenvalue weighted by atomic mass is 10.0. The van der Waals surface area contributed by atoms with E-state index in [1.165, 1.54) is 20.5 Å². The molecule has 2 aromatic heterocycles. The average Bonchev–Trinajstić information content (AvgIpc) is 3.35. The molecule has 0 spiro atoms. The second-order valence-electron chi connectivity index (χ2n) is 7.76. The van der Waals surface area contributed by atoms with Crippen LogP contribution in [0.25, 0.3) is 22.3 Å². The number of benzene rings is 2. The molecule has 0 aliphatic carbocycles. The van der Waals surface area contributed by atoms with Gasteiger partial charge in [-0.05, 0) is 61.4 Å². The third-order valence-corrected chi connectivity index (χ3v) is 5.31. The lowest BCUT2D eigenvalue weighted by Gasteiger charge is -2.14. The minimum absolute atomic E-state index is 0.0575. The number of carbonyl (C=O) groups excluding carboxylic acids is 1. The summed E-state index contributed by atoms with van der Waals surface area (Å²) in [7, 11) is 3.06. The number of fused-ring (bicyclic) bond motifs is 1. The van der Waals surface area contributed by atoms with Crippen LogP contribution in [-0.2, 0) is 11.3 Å². The molecule has 0 radical (unpaired) electrons. The maximum absolute atomic E-state index is 13.5. The van der Waals surface area contributed by atoms with E-state index in [1.54, 1.807) is 36.4 Å². The van der Waals surface area contributed by atoms with Gasteiger partial charge in [0.05, 0.1) is 32.4 Å². The molecule has 1 amide bonds. The van der Waals surface area contributed by atoms with E-state index in [0.717, 1.165) is 11.1 Å². The van der Waals surface area contributed by atoms with E-state index >= 15 is 0 Å². The van der Waals surface area contributed by atoms with Crippen molar-refractivity contribution >= 4 is 16.9 Å². The van der Waals surface area contributed by atoms with Crippen molar-refractivity contribution < 1.29 is 27.8 Å². The van der Waals surface area contributed by atoms with Gasteiger partial charge in [0, 0.05) is 5.56 Å². The Morgan fingerprint density at radius 2 is 1.82 bits per heavy atom. The second kappa shape index (κ2) is 9.74. The molecule has 0 aliphatic rings. The van der Waals surface area contributed by atoms with Crippen LogP contribution in [0.1, 0.15) is 16.9 Å². The number of methoxy groups -OCH3 is 2. The number of nitrogens with one attached hydrogen (secondary N) is 1. The summed E-state index contributed by atoms with van der Waals surface area (Å²) >= 11 is 0. The van der Waals surface area contributed by atoms with Gasteiger partial charge in [0.25, 0.3) is 5.91 Å². The highest BCUT2D eigenvalue weighted by molar-refractivity contribution is 5.85. The van der Waals surface area contributed by atoms with Crippen LogP contribution in [0.3, 0.4) is 0 Å². The van der Waals surface area contributed by atoms with Crippen LogP contribution in [-0.4, -0.2) is 26.7 Å². The standard InChI is InChI=1S/C26H25NO7/c1-15-10-16(2)24-19(11-15)23(29)26(33-14-22(28)27-13-18-6-5-9-32-18)25(34-24)17-7-8-20(30-3)21(12-17)31-4/h5-12H,13-14H2,1-4H3,(H,27,28). The summed E-state index contributed by atoms with van der Waals surface area (Å²) in [5.74, 6) is 1.33. The van der Waals surface area contributed by atoms with E-state index in [4.69, 9.17) is 23.0 Å². The van der Waals surface area contributed by atoms with E-state index in [2.05, 4.69) is 5.32 Å². The molecular weight excluding hydrogens is 438 g/mol. The zero-order valence-electron chi connectivity index (χ0n) is 19.4. The Bertz CT molecular complexity index is 1390. The number of amides is 1. The molecule has 8 nitrogen and oxygen atoms in total. The number of rotatable bonds is 8. The van der Waals surface area contributed by atoms with Crippen molar-refractivity contribution in [2.45, 2.75) is 20.4 Å². The summed E-state index contributed by atoms with van der Waals surface area (Å²) in [4.78, 5) is 25.9. The second-order valence-corrected chi connectivity index (χ2v) is 7.76. The highest BCUT2D eigenvalue weighted by Crippen LogP contribution is 2.37. The fraction of sp³-hybridized carbons (Fsp3) is 0.231. The maximum Gasteiger partial charge on any atom is 0.258 e. The number of furan rings is 1. The molecule has 1 N–H and O–H groups in total. The van der Waals surface area contributed by atoms with E-state index < -0.39 is 5.91 Å². The number of hydrogen-bond acceptors (Lipinski definition) is 7. The minimum Gasteiger partial charge on any atom is -0.493 e. The number of ether oxygens (including phenoxy) is 3. The molecule has 0 unspecified atom stereocenters. The largest absolute Gasteiger partial charge is 0.493 e. The summed E-state index contributed by atoms with van der Waals surface area (Å²) in [6.07, 6.45) is 1.53. The van der Waals surface area contributed by atoms with Crippen molar-refractivity contribution in [2.24, 2.45) is 0 Å². The zero-order valence-corrected chi connectivity index (χ0v) is 19.4. The molecule has 8 heteroatoms. The molecule has 2 heterocycles. The van der Waals surface area contributed by atoms with Gasteiger partial charge < -0.3 is 28.4 Å². The molecule has 34 heavy (non-hydrogen) atoms. The first kappa shape index (κ1) is 23.0. The number of carbonyl (C=O) groups is 1. The Hall–Kier alpha value is -4.20. The fourth-order valence-electron chi connectivity index (χ4n) is 3.72. The Morgan fingerprint density at radius 3 is 2.53 bits per heavy atom. The molecule has 0 fully saturated rings. The van der Waals surface area contributed by atoms with Crippen LogP contribution in [0.5, 0.6) is 17.2 Å². The van der Waals surface area contributed by atoms with Crippen molar-refractivity contribution in [1.29, 1.82) is 0 Å². The zero-order chi connectivity index (χ0) is 24.2. The summed E-state index contributed by atoms with van der Waals surface area (Å²) < 4.78 is 27.9. The molecule has 176 valence electrons. The number of hydrogen-bond donors (Lipinski definition) is 1. The third-order valence-electron chi connectivity index (χ3n) is 5.31. The lowest BCUT2D eigenvalue weighted by Crippen LogP contribution is -2.29. The van der Waals surface area contributed by atoms with Crippen LogP contribution in [0.2, 0.25) is 0 Å². The van der Waals surface area contributed by atoms with Gasteiger partial charge in [-0.25, -0.2) is 0 Å². The van der Waals surface area contributed by atoms with Crippen molar-refractivity contribution in [3.05, 3.63) is 75.8 Å². The van der Waals surface area contributed by atoms with Gasteiger partial charge in [0.1, 0.15) is 11.3 Å². The Balaban J connectivity index is 1.75. The van der Waals surface area contributed by atoms with Gasteiger partial charge in [-0.3, -0.25) is 9.59 Å². The summed E-state index contributed by atoms with van der Waals surface area (Å²) in [6.45, 7) is 3.61. The molecule has 0 saturated heterocycles. The smallest absolute Gasteiger partial charge is 0.258 e. The molecular formula is C26H25NO7. The van der Waals surface area contributed by atoms with Crippen LogP contribution < -0.4 is 25.0 Å². The SMILES string of the molecule is COc1ccc(-c2oc3c(C)cc(C)cc3c(=O)c2OCC(=O)NCc2ccco2)cc1OC. The first-order chi connectivity index (χ1) is 16.4. The van der Waals surface area contributed by atoms with E-state index in [-0.39, 0.29) is 30.1 Å². The van der Waals surface area contributed by atoms with Gasteiger partial charge in [-0.1, -0.05) is 6.07 Å². The maximum atomic E-state index is 13.5. The average molecular weight is 463 g/mol. The van der Waals surface area contributed by atoms with Crippen LogP contribution in [0.15, 0.2) is 62.4 Å². The monoisotopic (exact) mass is 463 g/mol. The summed E-state index contributed by atoms with van der Waals surface area (Å²) in [5.41, 5.74) is 2.36. The normalized spacial score (nSPS) is 10.8. The predicted octanol–water partition coefficient (Wildman–Crippen LogP) is 4.38. The Kier molecular flexibility index (Phi) is 6.58. The van der Waals surface area contributed by atoms with E-state index in [9.17, 15) is 9.59 Å². The van der Waals surface area contributed by atoms with Gasteiger partial charge in [0.2, 0.25) is 11.2 Å². The van der Waals surface area contributed by atoms with Gasteiger partial charge in [-0.2, -0.15) is 0 Å². The third kappa shape index (κ3) is 4.61. The highest BCUT2D eigenvalue weighted by Gasteiger charge is 2.21. The first-order valence-electron chi connectivity index (χ1n) is 10.6. The van der Waals surface area contributed by atoms with Gasteiger partial charge in [0.15, 0.2) is 23.9 Å². The molecule has 0 bridgehead atoms. The van der Waals surface area contributed by atoms with E-state index in [0.29, 0.717) is 33.8 Å². The van der Waals surface area contributed by atoms with Crippen molar-refractivity contribution in [3.63, 3.8) is 0 Å². The van der Waals surface area contributed by atoms with Crippen LogP contribution in [0.4, 0.5) is 0 Å².